The zero-order chi connectivity index (χ0) is 45.0. The molecule has 2 amide bonds. The van der Waals surface area contributed by atoms with E-state index in [1.807, 2.05) is 30.3 Å². The predicted octanol–water partition coefficient (Wildman–Crippen LogP) is 5.51. The van der Waals surface area contributed by atoms with Crippen molar-refractivity contribution in [2.75, 3.05) is 26.3 Å². The number of aromatic nitrogens is 4. The number of ether oxygens (including phenoxy) is 2. The van der Waals surface area contributed by atoms with Crippen molar-refractivity contribution in [3.05, 3.63) is 143 Å². The number of carbonyl (C=O) groups is 2. The highest BCUT2D eigenvalue weighted by atomic mass is 32.2. The number of benzene rings is 4. The number of hydrogen-bond donors (Lipinski definition) is 3. The zero-order valence-corrected chi connectivity index (χ0v) is 33.7. The minimum atomic E-state index is -5.85. The van der Waals surface area contributed by atoms with Gasteiger partial charge in [-0.25, -0.2) is 8.78 Å². The van der Waals surface area contributed by atoms with Gasteiger partial charge < -0.3 is 33.1 Å². The first-order valence-electron chi connectivity index (χ1n) is 18.9. The van der Waals surface area contributed by atoms with Crippen LogP contribution in [0.1, 0.15) is 22.5 Å². The van der Waals surface area contributed by atoms with Crippen molar-refractivity contribution >= 4 is 29.6 Å². The standard InChI is InChI=1S/C20H18FN3O2.C15H14F3N3O5S.C6H5BFO2/c21-17-9-5-4-8-15(17)20-16-12-24(11-10-18(16)22-23-20)19(25)13-26-14-6-2-1-3-7-14;16-15(17,18)27(23,24)26-14-11-8-21(7-6-12(11)19-20-14)13(22)9-25-10-4-2-1-3-5-10;8-5-3-1-2-4-6(5)10-7-9/h1-9H,10-13H2,(H,22,23);1-5H,6-9H2,(H,19,20);1-4,9H. The molecule has 2 aliphatic rings. The second-order valence-corrected chi connectivity index (χ2v) is 15.0. The molecule has 6 aromatic rings. The molecule has 4 heterocycles. The fraction of sp³-hybridized carbons (Fsp3) is 0.220. The Hall–Kier alpha value is -6.94. The SMILES string of the molecule is O=C(COc1ccccc1)N1CCc2[nH]nc(-c3ccccc3F)c2C1.O=C(COc1ccccc1)N1CCc2[nH]nc(OS(=O)(=O)C(F)(F)F)c2C1.O[B]Oc1ccccc1F. The average molecular weight is 896 g/mol. The Balaban J connectivity index is 0.000000173. The quantitative estimate of drug-likeness (QED) is 0.0644. The van der Waals surface area contributed by atoms with Gasteiger partial charge in [0.2, 0.25) is 0 Å². The molecule has 0 unspecified atom stereocenters. The van der Waals surface area contributed by atoms with Crippen LogP contribution < -0.4 is 18.3 Å². The number of nitrogens with zero attached hydrogens (tertiary/aromatic N) is 4. The summed E-state index contributed by atoms with van der Waals surface area (Å²) in [6.45, 7) is 0.818. The minimum Gasteiger partial charge on any atom is -0.535 e. The van der Waals surface area contributed by atoms with E-state index in [2.05, 4.69) is 29.2 Å². The largest absolute Gasteiger partial charge is 0.569 e. The second kappa shape index (κ2) is 20.8. The molecule has 0 saturated heterocycles. The van der Waals surface area contributed by atoms with E-state index in [1.165, 1.54) is 23.1 Å². The lowest BCUT2D eigenvalue weighted by Crippen LogP contribution is -2.39. The number of para-hydroxylation sites is 3. The highest BCUT2D eigenvalue weighted by Crippen LogP contribution is 2.32. The van der Waals surface area contributed by atoms with Crippen LogP contribution in [0.4, 0.5) is 22.0 Å². The van der Waals surface area contributed by atoms with Crippen LogP contribution in [-0.2, 0) is 45.6 Å². The predicted molar refractivity (Wildman–Crippen MR) is 215 cm³/mol. The highest BCUT2D eigenvalue weighted by molar-refractivity contribution is 7.88. The van der Waals surface area contributed by atoms with Gasteiger partial charge in [-0.3, -0.25) is 19.8 Å². The van der Waals surface area contributed by atoms with Gasteiger partial charge in [0, 0.05) is 55.0 Å². The Morgan fingerprint density at radius 2 is 1.19 bits per heavy atom. The van der Waals surface area contributed by atoms with Crippen LogP contribution in [0.3, 0.4) is 0 Å². The third-order valence-electron chi connectivity index (χ3n) is 9.36. The van der Waals surface area contributed by atoms with Crippen molar-refractivity contribution in [1.29, 1.82) is 0 Å². The number of fused-ring (bicyclic) bond motifs is 2. The van der Waals surface area contributed by atoms with Crippen LogP contribution in [0, 0.1) is 11.6 Å². The fourth-order valence-corrected chi connectivity index (χ4v) is 6.63. The number of carbonyl (C=O) groups excluding carboxylic acids is 2. The molecule has 0 atom stereocenters. The summed E-state index contributed by atoms with van der Waals surface area (Å²) in [5.74, 6) is -0.865. The minimum absolute atomic E-state index is 0.0185. The molecule has 0 fully saturated rings. The molecule has 22 heteroatoms. The van der Waals surface area contributed by atoms with Gasteiger partial charge >= 0.3 is 23.3 Å². The summed E-state index contributed by atoms with van der Waals surface area (Å²) in [6, 6.07) is 30.2. The van der Waals surface area contributed by atoms with Gasteiger partial charge in [0.15, 0.2) is 19.0 Å². The van der Waals surface area contributed by atoms with Gasteiger partial charge in [-0.1, -0.05) is 60.7 Å². The van der Waals surface area contributed by atoms with E-state index in [4.69, 9.17) is 14.5 Å². The molecule has 63 heavy (non-hydrogen) atoms. The van der Waals surface area contributed by atoms with Gasteiger partial charge in [0.25, 0.3) is 17.7 Å². The molecule has 0 bridgehead atoms. The van der Waals surface area contributed by atoms with Gasteiger partial charge in [-0.2, -0.15) is 26.7 Å². The Morgan fingerprint density at radius 1 is 0.698 bits per heavy atom. The summed E-state index contributed by atoms with van der Waals surface area (Å²) in [5.41, 5.74) is -2.24. The first kappa shape index (κ1) is 45.6. The average Bonchev–Trinajstić information content (AvgIpc) is 3.89. The lowest BCUT2D eigenvalue weighted by molar-refractivity contribution is -0.135. The van der Waals surface area contributed by atoms with Crippen molar-refractivity contribution in [3.8, 4) is 34.4 Å². The monoisotopic (exact) mass is 895 g/mol. The number of alkyl halides is 3. The molecule has 0 aliphatic carbocycles. The van der Waals surface area contributed by atoms with Crippen molar-refractivity contribution in [2.45, 2.75) is 31.4 Å². The summed E-state index contributed by atoms with van der Waals surface area (Å²) in [4.78, 5) is 27.9. The number of hydrogen-bond acceptors (Lipinski definition) is 11. The highest BCUT2D eigenvalue weighted by Gasteiger charge is 2.49. The molecule has 8 rings (SSSR count). The number of rotatable bonds is 11. The molecule has 3 N–H and O–H groups in total. The number of aromatic amines is 2. The maximum absolute atomic E-state index is 14.1. The number of amides is 2. The lowest BCUT2D eigenvalue weighted by atomic mass is 10.0. The Labute approximate surface area is 357 Å². The van der Waals surface area contributed by atoms with Crippen LogP contribution >= 0.6 is 0 Å². The molecule has 0 saturated carbocycles. The molecule has 4 aromatic carbocycles. The summed E-state index contributed by atoms with van der Waals surface area (Å²) in [6.07, 6.45) is 0.919. The number of halogens is 5. The number of nitrogens with one attached hydrogen (secondary N) is 2. The van der Waals surface area contributed by atoms with E-state index in [-0.39, 0.29) is 55.8 Å². The van der Waals surface area contributed by atoms with Crippen molar-refractivity contribution < 1.29 is 63.3 Å². The third kappa shape index (κ3) is 11.9. The van der Waals surface area contributed by atoms with E-state index in [0.717, 1.165) is 11.3 Å². The van der Waals surface area contributed by atoms with Crippen LogP contribution in [0.5, 0.6) is 23.1 Å². The van der Waals surface area contributed by atoms with Gasteiger partial charge in [0.1, 0.15) is 28.8 Å². The Morgan fingerprint density at radius 3 is 1.73 bits per heavy atom. The van der Waals surface area contributed by atoms with E-state index in [9.17, 15) is 40.0 Å². The van der Waals surface area contributed by atoms with Crippen molar-refractivity contribution in [2.24, 2.45) is 0 Å². The fourth-order valence-electron chi connectivity index (χ4n) is 6.19. The molecule has 2 aliphatic heterocycles. The maximum atomic E-state index is 14.1. The van der Waals surface area contributed by atoms with E-state index in [0.29, 0.717) is 55.6 Å². The molecule has 2 aromatic heterocycles. The smallest absolute Gasteiger partial charge is 0.535 e. The summed E-state index contributed by atoms with van der Waals surface area (Å²) in [7, 11) is -5.41. The summed E-state index contributed by atoms with van der Waals surface area (Å²) in [5, 5.41) is 21.3. The van der Waals surface area contributed by atoms with E-state index < -0.39 is 33.2 Å². The summed E-state index contributed by atoms with van der Waals surface area (Å²) < 4.78 is 106. The van der Waals surface area contributed by atoms with Crippen LogP contribution in [0.15, 0.2) is 109 Å². The molecule has 15 nitrogen and oxygen atoms in total. The first-order valence-corrected chi connectivity index (χ1v) is 20.3. The normalized spacial score (nSPS) is 13.2. The van der Waals surface area contributed by atoms with Gasteiger partial charge in [-0.15, -0.1) is 5.10 Å². The lowest BCUT2D eigenvalue weighted by Gasteiger charge is -2.27. The second-order valence-electron chi connectivity index (χ2n) is 13.5. The molecule has 0 spiro atoms. The molecule has 1 radical (unpaired) electrons. The van der Waals surface area contributed by atoms with Crippen molar-refractivity contribution in [3.63, 3.8) is 0 Å². The van der Waals surface area contributed by atoms with E-state index >= 15 is 0 Å². The van der Waals surface area contributed by atoms with Gasteiger partial charge in [0.05, 0.1) is 12.1 Å². The third-order valence-corrected chi connectivity index (χ3v) is 10.3. The Kier molecular flexibility index (Phi) is 15.0. The van der Waals surface area contributed by atoms with Crippen LogP contribution in [0.25, 0.3) is 11.3 Å². The number of H-pyrrole nitrogens is 2. The van der Waals surface area contributed by atoms with Crippen LogP contribution in [-0.4, -0.2) is 94.9 Å². The van der Waals surface area contributed by atoms with E-state index in [1.54, 1.807) is 65.6 Å². The Bertz CT molecular complexity index is 2580. The first-order chi connectivity index (χ1) is 30.2. The topological polar surface area (TPSA) is 189 Å². The molecular formula is C41H37BF5N6O9S. The molecule has 329 valence electrons. The maximum Gasteiger partial charge on any atom is 0.569 e. The van der Waals surface area contributed by atoms with Crippen LogP contribution in [0.2, 0.25) is 0 Å². The van der Waals surface area contributed by atoms with Gasteiger partial charge in [-0.05, 0) is 48.5 Å². The molecular weight excluding hydrogens is 858 g/mol. The zero-order valence-electron chi connectivity index (χ0n) is 32.9. The summed E-state index contributed by atoms with van der Waals surface area (Å²) >= 11 is 0. The van der Waals surface area contributed by atoms with Crippen molar-refractivity contribution in [1.82, 2.24) is 30.2 Å².